The second-order valence-electron chi connectivity index (χ2n) is 5.46. The number of Topliss-reactive ketones (excluding diaryl/α,β-unsaturated/α-hetero) is 1. The Balaban J connectivity index is 1.53. The zero-order chi connectivity index (χ0) is 16.3. The summed E-state index contributed by atoms with van der Waals surface area (Å²) in [5.74, 6) is -0.0778. The van der Waals surface area contributed by atoms with Gasteiger partial charge in [0.15, 0.2) is 5.78 Å². The van der Waals surface area contributed by atoms with Crippen LogP contribution in [0.2, 0.25) is 0 Å². The van der Waals surface area contributed by atoms with Crippen molar-refractivity contribution in [1.82, 2.24) is 0 Å². The van der Waals surface area contributed by atoms with Crippen molar-refractivity contribution < 1.29 is 14.3 Å². The van der Waals surface area contributed by atoms with Crippen LogP contribution in [0.4, 0.5) is 0 Å². The number of carbonyl (C=O) groups is 2. The first-order chi connectivity index (χ1) is 11.3. The van der Waals surface area contributed by atoms with Crippen LogP contribution in [-0.2, 0) is 4.74 Å². The van der Waals surface area contributed by atoms with E-state index in [1.165, 1.54) is 0 Å². The first-order valence-corrected chi connectivity index (χ1v) is 8.08. The van der Waals surface area contributed by atoms with Gasteiger partial charge in [-0.25, -0.2) is 4.79 Å². The number of esters is 1. The van der Waals surface area contributed by atoms with E-state index >= 15 is 0 Å². The third-order valence-corrected chi connectivity index (χ3v) is 3.64. The molecule has 0 aromatic heterocycles. The summed E-state index contributed by atoms with van der Waals surface area (Å²) in [6, 6.07) is 18.4. The number of rotatable bonds is 9. The highest BCUT2D eigenvalue weighted by molar-refractivity contribution is 5.95. The summed E-state index contributed by atoms with van der Waals surface area (Å²) in [7, 11) is 0. The van der Waals surface area contributed by atoms with Crippen molar-refractivity contribution >= 4 is 11.8 Å². The maximum atomic E-state index is 11.9. The van der Waals surface area contributed by atoms with Gasteiger partial charge in [-0.2, -0.15) is 0 Å². The molecule has 3 nitrogen and oxygen atoms in total. The van der Waals surface area contributed by atoms with Crippen LogP contribution in [0, 0.1) is 0 Å². The molecule has 23 heavy (non-hydrogen) atoms. The molecule has 0 aliphatic rings. The van der Waals surface area contributed by atoms with Crippen LogP contribution in [0.3, 0.4) is 0 Å². The summed E-state index contributed by atoms with van der Waals surface area (Å²) in [4.78, 5) is 23.6. The molecule has 3 heteroatoms. The Kier molecular flexibility index (Phi) is 7.05. The fourth-order valence-electron chi connectivity index (χ4n) is 2.33. The molecule has 0 atom stereocenters. The summed E-state index contributed by atoms with van der Waals surface area (Å²) in [5.41, 5.74) is 1.37. The van der Waals surface area contributed by atoms with E-state index in [1.807, 2.05) is 48.5 Å². The summed E-state index contributed by atoms with van der Waals surface area (Å²) in [6.45, 7) is 0.431. The minimum absolute atomic E-state index is 0.195. The molecule has 0 saturated carbocycles. The van der Waals surface area contributed by atoms with Crippen molar-refractivity contribution in [3.8, 4) is 0 Å². The Morgan fingerprint density at radius 1 is 0.696 bits per heavy atom. The monoisotopic (exact) mass is 310 g/mol. The van der Waals surface area contributed by atoms with E-state index in [0.717, 1.165) is 31.2 Å². The average molecular weight is 310 g/mol. The van der Waals surface area contributed by atoms with Gasteiger partial charge in [-0.1, -0.05) is 61.4 Å². The molecule has 0 aliphatic heterocycles. The van der Waals surface area contributed by atoms with Crippen LogP contribution in [0.25, 0.3) is 0 Å². The minimum Gasteiger partial charge on any atom is -0.462 e. The van der Waals surface area contributed by atoms with Crippen LogP contribution < -0.4 is 0 Å². The van der Waals surface area contributed by atoms with E-state index in [0.29, 0.717) is 18.6 Å². The normalized spacial score (nSPS) is 10.3. The largest absolute Gasteiger partial charge is 0.462 e. The first kappa shape index (κ1) is 16.9. The van der Waals surface area contributed by atoms with Crippen LogP contribution in [0.5, 0.6) is 0 Å². The van der Waals surface area contributed by atoms with E-state index in [2.05, 4.69) is 0 Å². The van der Waals surface area contributed by atoms with Gasteiger partial charge in [0, 0.05) is 12.0 Å². The summed E-state index contributed by atoms with van der Waals surface area (Å²) in [5, 5.41) is 0. The topological polar surface area (TPSA) is 43.4 Å². The highest BCUT2D eigenvalue weighted by Gasteiger charge is 2.06. The molecule has 0 unspecified atom stereocenters. The van der Waals surface area contributed by atoms with Crippen molar-refractivity contribution in [1.29, 1.82) is 0 Å². The molecular formula is C20H22O3. The Bertz CT molecular complexity index is 550. The van der Waals surface area contributed by atoms with E-state index in [1.54, 1.807) is 12.1 Å². The quantitative estimate of drug-likeness (QED) is 0.384. The van der Waals surface area contributed by atoms with Crippen molar-refractivity contribution in [2.45, 2.75) is 32.1 Å². The van der Waals surface area contributed by atoms with Crippen molar-refractivity contribution in [3.05, 3.63) is 71.8 Å². The number of hydrogen-bond acceptors (Lipinski definition) is 3. The fourth-order valence-corrected chi connectivity index (χ4v) is 2.33. The molecule has 120 valence electrons. The Morgan fingerprint density at radius 3 is 1.91 bits per heavy atom. The standard InChI is InChI=1S/C20H22O3/c21-19(17-11-5-3-6-12-17)15-9-1-2-10-16-23-20(22)18-13-7-4-8-14-18/h3-8,11-14H,1-2,9-10,15-16H2. The van der Waals surface area contributed by atoms with Gasteiger partial charge < -0.3 is 4.74 Å². The number of ketones is 1. The molecule has 2 aromatic carbocycles. The number of benzene rings is 2. The second kappa shape index (κ2) is 9.57. The molecule has 0 amide bonds. The van der Waals surface area contributed by atoms with Crippen LogP contribution in [0.15, 0.2) is 60.7 Å². The number of unbranched alkanes of at least 4 members (excludes halogenated alkanes) is 3. The van der Waals surface area contributed by atoms with Crippen LogP contribution in [-0.4, -0.2) is 18.4 Å². The molecular weight excluding hydrogens is 288 g/mol. The van der Waals surface area contributed by atoms with Gasteiger partial charge in [-0.15, -0.1) is 0 Å². The van der Waals surface area contributed by atoms with E-state index < -0.39 is 0 Å². The lowest BCUT2D eigenvalue weighted by atomic mass is 10.0. The Morgan fingerprint density at radius 2 is 1.26 bits per heavy atom. The number of ether oxygens (including phenoxy) is 1. The lowest BCUT2D eigenvalue weighted by molar-refractivity contribution is 0.0498. The molecule has 0 N–H and O–H groups in total. The molecule has 0 radical (unpaired) electrons. The zero-order valence-electron chi connectivity index (χ0n) is 13.2. The zero-order valence-corrected chi connectivity index (χ0v) is 13.2. The summed E-state index contributed by atoms with van der Waals surface area (Å²) >= 11 is 0. The van der Waals surface area contributed by atoms with Gasteiger partial charge >= 0.3 is 5.97 Å². The van der Waals surface area contributed by atoms with Gasteiger partial charge in [0.2, 0.25) is 0 Å². The van der Waals surface area contributed by atoms with E-state index in [-0.39, 0.29) is 11.8 Å². The van der Waals surface area contributed by atoms with E-state index in [9.17, 15) is 9.59 Å². The fraction of sp³-hybridized carbons (Fsp3) is 0.300. The van der Waals surface area contributed by atoms with Crippen molar-refractivity contribution in [2.24, 2.45) is 0 Å². The van der Waals surface area contributed by atoms with Gasteiger partial charge in [0.1, 0.15) is 0 Å². The Hall–Kier alpha value is -2.42. The Labute approximate surface area is 137 Å². The summed E-state index contributed by atoms with van der Waals surface area (Å²) < 4.78 is 5.22. The molecule has 2 rings (SSSR count). The maximum Gasteiger partial charge on any atom is 0.338 e. The predicted octanol–water partition coefficient (Wildman–Crippen LogP) is 4.68. The van der Waals surface area contributed by atoms with Crippen LogP contribution in [0.1, 0.15) is 52.8 Å². The van der Waals surface area contributed by atoms with Gasteiger partial charge in [0.05, 0.1) is 12.2 Å². The molecule has 0 bridgehead atoms. The number of hydrogen-bond donors (Lipinski definition) is 0. The summed E-state index contributed by atoms with van der Waals surface area (Å²) in [6.07, 6.45) is 4.22. The highest BCUT2D eigenvalue weighted by atomic mass is 16.5. The first-order valence-electron chi connectivity index (χ1n) is 8.08. The van der Waals surface area contributed by atoms with Gasteiger partial charge in [0.25, 0.3) is 0 Å². The van der Waals surface area contributed by atoms with E-state index in [4.69, 9.17) is 4.74 Å². The SMILES string of the molecule is O=C(CCCCCCOC(=O)c1ccccc1)c1ccccc1. The minimum atomic E-state index is -0.273. The lowest BCUT2D eigenvalue weighted by Crippen LogP contribution is -2.06. The molecule has 0 spiro atoms. The maximum absolute atomic E-state index is 11.9. The highest BCUT2D eigenvalue weighted by Crippen LogP contribution is 2.09. The molecule has 2 aromatic rings. The van der Waals surface area contributed by atoms with Crippen LogP contribution >= 0.6 is 0 Å². The third-order valence-electron chi connectivity index (χ3n) is 3.64. The van der Waals surface area contributed by atoms with Crippen molar-refractivity contribution in [2.75, 3.05) is 6.61 Å². The number of carbonyl (C=O) groups excluding carboxylic acids is 2. The molecule has 0 heterocycles. The predicted molar refractivity (Wildman–Crippen MR) is 90.6 cm³/mol. The molecule has 0 fully saturated rings. The second-order valence-corrected chi connectivity index (χ2v) is 5.46. The third kappa shape index (κ3) is 6.07. The average Bonchev–Trinajstić information content (AvgIpc) is 2.62. The molecule has 0 saturated heterocycles. The lowest BCUT2D eigenvalue weighted by Gasteiger charge is -2.05. The van der Waals surface area contributed by atoms with Gasteiger partial charge in [-0.3, -0.25) is 4.79 Å². The van der Waals surface area contributed by atoms with Crippen molar-refractivity contribution in [3.63, 3.8) is 0 Å². The molecule has 0 aliphatic carbocycles. The smallest absolute Gasteiger partial charge is 0.338 e. The van der Waals surface area contributed by atoms with Gasteiger partial charge in [-0.05, 0) is 25.0 Å².